The fraction of sp³-hybridized carbons (Fsp3) is 0.278. The Hall–Kier alpha value is -1.67. The SMILES string of the molecule is O=C(Cc1c(F)cccc1Cl)c1ccccc1C1CCC1. The zero-order chi connectivity index (χ0) is 14.8. The Morgan fingerprint density at radius 2 is 1.90 bits per heavy atom. The summed E-state index contributed by atoms with van der Waals surface area (Å²) in [6.07, 6.45) is 3.48. The van der Waals surface area contributed by atoms with Crippen LogP contribution in [-0.2, 0) is 6.42 Å². The monoisotopic (exact) mass is 302 g/mol. The Bertz CT molecular complexity index is 656. The average Bonchev–Trinajstić information content (AvgIpc) is 2.42. The lowest BCUT2D eigenvalue weighted by Crippen LogP contribution is -2.15. The number of benzene rings is 2. The maximum absolute atomic E-state index is 13.8. The molecule has 3 rings (SSSR count). The van der Waals surface area contributed by atoms with E-state index in [2.05, 4.69) is 0 Å². The highest BCUT2D eigenvalue weighted by atomic mass is 35.5. The van der Waals surface area contributed by atoms with Crippen LogP contribution in [0.4, 0.5) is 4.39 Å². The lowest BCUT2D eigenvalue weighted by molar-refractivity contribution is 0.0990. The number of carbonyl (C=O) groups is 1. The molecule has 1 fully saturated rings. The maximum Gasteiger partial charge on any atom is 0.167 e. The minimum absolute atomic E-state index is 0.00917. The number of ketones is 1. The summed E-state index contributed by atoms with van der Waals surface area (Å²) in [5.74, 6) is -0.0114. The smallest absolute Gasteiger partial charge is 0.167 e. The van der Waals surface area contributed by atoms with Crippen LogP contribution in [0.3, 0.4) is 0 Å². The Morgan fingerprint density at radius 1 is 1.14 bits per heavy atom. The Labute approximate surface area is 128 Å². The molecule has 0 heterocycles. The van der Waals surface area contributed by atoms with Crippen molar-refractivity contribution in [2.24, 2.45) is 0 Å². The molecule has 0 amide bonds. The molecular formula is C18H16ClFO. The van der Waals surface area contributed by atoms with E-state index in [4.69, 9.17) is 11.6 Å². The van der Waals surface area contributed by atoms with Gasteiger partial charge in [0.2, 0.25) is 0 Å². The number of rotatable bonds is 4. The Balaban J connectivity index is 1.89. The minimum Gasteiger partial charge on any atom is -0.294 e. The first kappa shape index (κ1) is 14.3. The van der Waals surface area contributed by atoms with Crippen LogP contribution in [0.25, 0.3) is 0 Å². The molecule has 0 N–H and O–H groups in total. The van der Waals surface area contributed by atoms with Crippen molar-refractivity contribution in [1.29, 1.82) is 0 Å². The molecule has 0 unspecified atom stereocenters. The van der Waals surface area contributed by atoms with Crippen LogP contribution in [0.2, 0.25) is 5.02 Å². The highest BCUT2D eigenvalue weighted by Gasteiger charge is 2.24. The summed E-state index contributed by atoms with van der Waals surface area (Å²) in [5.41, 5.74) is 2.09. The largest absolute Gasteiger partial charge is 0.294 e. The normalized spacial score (nSPS) is 14.8. The van der Waals surface area contributed by atoms with Gasteiger partial charge in [0.05, 0.1) is 0 Å². The summed E-state index contributed by atoms with van der Waals surface area (Å²) >= 11 is 6.01. The number of hydrogen-bond donors (Lipinski definition) is 0. The second-order valence-corrected chi connectivity index (χ2v) is 5.92. The first-order valence-corrected chi connectivity index (χ1v) is 7.59. The maximum atomic E-state index is 13.8. The van der Waals surface area contributed by atoms with Crippen LogP contribution in [0.5, 0.6) is 0 Å². The van der Waals surface area contributed by atoms with E-state index in [0.29, 0.717) is 16.5 Å². The minimum atomic E-state index is -0.419. The van der Waals surface area contributed by atoms with E-state index < -0.39 is 5.82 Å². The van der Waals surface area contributed by atoms with Crippen molar-refractivity contribution >= 4 is 17.4 Å². The van der Waals surface area contributed by atoms with E-state index in [1.165, 1.54) is 12.5 Å². The van der Waals surface area contributed by atoms with E-state index in [1.54, 1.807) is 12.1 Å². The number of Topliss-reactive ketones (excluding diaryl/α,β-unsaturated/α-hetero) is 1. The van der Waals surface area contributed by atoms with Gasteiger partial charge in [-0.3, -0.25) is 4.79 Å². The van der Waals surface area contributed by atoms with Crippen LogP contribution >= 0.6 is 11.6 Å². The summed E-state index contributed by atoms with van der Waals surface area (Å²) in [7, 11) is 0. The Kier molecular flexibility index (Phi) is 4.07. The number of carbonyl (C=O) groups excluding carboxylic acids is 1. The predicted octanol–water partition coefficient (Wildman–Crippen LogP) is 5.17. The van der Waals surface area contributed by atoms with Gasteiger partial charge in [0.15, 0.2) is 5.78 Å². The molecule has 1 nitrogen and oxygen atoms in total. The van der Waals surface area contributed by atoms with E-state index in [9.17, 15) is 9.18 Å². The molecular weight excluding hydrogens is 287 g/mol. The molecule has 1 aliphatic rings. The topological polar surface area (TPSA) is 17.1 Å². The van der Waals surface area contributed by atoms with Crippen LogP contribution < -0.4 is 0 Å². The van der Waals surface area contributed by atoms with Gasteiger partial charge in [-0.25, -0.2) is 4.39 Å². The molecule has 0 spiro atoms. The molecule has 1 aliphatic carbocycles. The molecule has 0 saturated heterocycles. The molecule has 21 heavy (non-hydrogen) atoms. The fourth-order valence-corrected chi connectivity index (χ4v) is 3.01. The first-order chi connectivity index (χ1) is 10.2. The molecule has 0 atom stereocenters. The highest BCUT2D eigenvalue weighted by molar-refractivity contribution is 6.31. The summed E-state index contributed by atoms with van der Waals surface area (Å²) in [6, 6.07) is 12.2. The Morgan fingerprint density at radius 3 is 2.57 bits per heavy atom. The zero-order valence-electron chi connectivity index (χ0n) is 11.6. The quantitative estimate of drug-likeness (QED) is 0.712. The van der Waals surface area contributed by atoms with Gasteiger partial charge in [0, 0.05) is 22.6 Å². The molecule has 0 radical (unpaired) electrons. The fourth-order valence-electron chi connectivity index (χ4n) is 2.78. The van der Waals surface area contributed by atoms with Crippen molar-refractivity contribution in [2.45, 2.75) is 31.6 Å². The molecule has 2 aromatic carbocycles. The third kappa shape index (κ3) is 2.86. The van der Waals surface area contributed by atoms with Gasteiger partial charge in [0.25, 0.3) is 0 Å². The summed E-state index contributed by atoms with van der Waals surface area (Å²) < 4.78 is 13.8. The van der Waals surface area contributed by atoms with Crippen molar-refractivity contribution < 1.29 is 9.18 Å². The molecule has 3 heteroatoms. The van der Waals surface area contributed by atoms with Crippen LogP contribution in [0, 0.1) is 5.82 Å². The lowest BCUT2D eigenvalue weighted by atomic mass is 9.77. The molecule has 0 aromatic heterocycles. The third-order valence-corrected chi connectivity index (χ3v) is 4.56. The molecule has 2 aromatic rings. The van der Waals surface area contributed by atoms with Crippen molar-refractivity contribution in [3.8, 4) is 0 Å². The zero-order valence-corrected chi connectivity index (χ0v) is 12.4. The summed E-state index contributed by atoms with van der Waals surface area (Å²) in [4.78, 5) is 12.6. The van der Waals surface area contributed by atoms with Gasteiger partial charge < -0.3 is 0 Å². The van der Waals surface area contributed by atoms with Crippen molar-refractivity contribution in [2.75, 3.05) is 0 Å². The highest BCUT2D eigenvalue weighted by Crippen LogP contribution is 2.38. The predicted molar refractivity (Wildman–Crippen MR) is 82.5 cm³/mol. The van der Waals surface area contributed by atoms with Crippen LogP contribution in [-0.4, -0.2) is 5.78 Å². The van der Waals surface area contributed by atoms with Crippen LogP contribution in [0.15, 0.2) is 42.5 Å². The van der Waals surface area contributed by atoms with E-state index in [1.807, 2.05) is 24.3 Å². The average molecular weight is 303 g/mol. The van der Waals surface area contributed by atoms with Crippen molar-refractivity contribution in [3.05, 3.63) is 70.0 Å². The van der Waals surface area contributed by atoms with Gasteiger partial charge >= 0.3 is 0 Å². The molecule has 0 aliphatic heterocycles. The second-order valence-electron chi connectivity index (χ2n) is 5.52. The first-order valence-electron chi connectivity index (χ1n) is 7.22. The van der Waals surface area contributed by atoms with Crippen molar-refractivity contribution in [3.63, 3.8) is 0 Å². The van der Waals surface area contributed by atoms with Crippen LogP contribution in [0.1, 0.15) is 46.7 Å². The third-order valence-electron chi connectivity index (χ3n) is 4.21. The second kappa shape index (κ2) is 5.98. The van der Waals surface area contributed by atoms with Gasteiger partial charge in [-0.2, -0.15) is 0 Å². The molecule has 1 saturated carbocycles. The van der Waals surface area contributed by atoms with Gasteiger partial charge in [-0.05, 0) is 36.5 Å². The standard InChI is InChI=1S/C18H16ClFO/c19-16-9-4-10-17(20)15(16)11-18(21)14-8-2-1-7-13(14)12-5-3-6-12/h1-2,4,7-10,12H,3,5-6,11H2. The molecule has 108 valence electrons. The van der Waals surface area contributed by atoms with E-state index in [0.717, 1.165) is 18.4 Å². The number of halogens is 2. The summed E-state index contributed by atoms with van der Waals surface area (Å²) in [5, 5.41) is 0.310. The van der Waals surface area contributed by atoms with Gasteiger partial charge in [-0.15, -0.1) is 0 Å². The van der Waals surface area contributed by atoms with Gasteiger partial charge in [0.1, 0.15) is 5.82 Å². The lowest BCUT2D eigenvalue weighted by Gasteiger charge is -2.27. The van der Waals surface area contributed by atoms with Crippen molar-refractivity contribution in [1.82, 2.24) is 0 Å². The summed E-state index contributed by atoms with van der Waals surface area (Å²) in [6.45, 7) is 0. The number of hydrogen-bond acceptors (Lipinski definition) is 1. The van der Waals surface area contributed by atoms with E-state index >= 15 is 0 Å². The van der Waals surface area contributed by atoms with Gasteiger partial charge in [-0.1, -0.05) is 48.4 Å². The molecule has 0 bridgehead atoms. The van der Waals surface area contributed by atoms with E-state index in [-0.39, 0.29) is 17.8 Å².